The number of Topliss-reactive ketones (excluding diaryl/α,β-unsaturated/α-hetero) is 1. The first-order valence-corrected chi connectivity index (χ1v) is 9.06. The minimum atomic E-state index is -0.486. The van der Waals surface area contributed by atoms with Crippen molar-refractivity contribution in [1.29, 1.82) is 0 Å². The molecule has 2 heterocycles. The molecule has 1 unspecified atom stereocenters. The second kappa shape index (κ2) is 6.61. The maximum atomic E-state index is 12.7. The van der Waals surface area contributed by atoms with Crippen LogP contribution in [0.4, 0.5) is 0 Å². The maximum Gasteiger partial charge on any atom is 0.343 e. The van der Waals surface area contributed by atoms with Gasteiger partial charge < -0.3 is 4.74 Å². The van der Waals surface area contributed by atoms with Crippen LogP contribution in [0.5, 0.6) is 0 Å². The van der Waals surface area contributed by atoms with Gasteiger partial charge in [-0.05, 0) is 29.4 Å². The molecule has 4 rings (SSSR count). The number of carbonyl (C=O) groups excluding carboxylic acids is 2. The molecule has 6 heteroatoms. The Kier molecular flexibility index (Phi) is 4.26. The molecule has 0 fully saturated rings. The fraction of sp³-hybridized carbons (Fsp3) is 0.333. The summed E-state index contributed by atoms with van der Waals surface area (Å²) in [5.41, 5.74) is 4.52. The molecule has 0 radical (unpaired) electrons. The highest BCUT2D eigenvalue weighted by Crippen LogP contribution is 2.33. The Labute approximate surface area is 157 Å². The van der Waals surface area contributed by atoms with Crippen LogP contribution in [0.1, 0.15) is 69.6 Å². The first kappa shape index (κ1) is 17.4. The summed E-state index contributed by atoms with van der Waals surface area (Å²) in [6.45, 7) is 4.32. The average molecular weight is 363 g/mol. The van der Waals surface area contributed by atoms with Crippen molar-refractivity contribution in [3.8, 4) is 0 Å². The second-order valence-electron chi connectivity index (χ2n) is 7.25. The van der Waals surface area contributed by atoms with Gasteiger partial charge in [-0.3, -0.25) is 4.79 Å². The van der Waals surface area contributed by atoms with Crippen LogP contribution in [0.25, 0.3) is 5.65 Å². The monoisotopic (exact) mass is 363 g/mol. The number of methoxy groups -OCH3 is 1. The van der Waals surface area contributed by atoms with Crippen molar-refractivity contribution < 1.29 is 14.3 Å². The third kappa shape index (κ3) is 2.91. The van der Waals surface area contributed by atoms with E-state index in [0.29, 0.717) is 35.5 Å². The maximum absolute atomic E-state index is 12.7. The van der Waals surface area contributed by atoms with Crippen molar-refractivity contribution in [2.45, 2.75) is 38.5 Å². The van der Waals surface area contributed by atoms with Crippen molar-refractivity contribution in [3.63, 3.8) is 0 Å². The fourth-order valence-corrected chi connectivity index (χ4v) is 3.69. The molecule has 0 amide bonds. The first-order valence-electron chi connectivity index (χ1n) is 9.06. The van der Waals surface area contributed by atoms with E-state index in [-0.39, 0.29) is 11.7 Å². The van der Waals surface area contributed by atoms with Crippen LogP contribution in [-0.2, 0) is 11.2 Å². The SMILES string of the molecule is COC(=O)c1cnn2c3c(cnc12)C(=O)CC(c1ccc(C(C)C)cc1)C3. The van der Waals surface area contributed by atoms with Crippen molar-refractivity contribution in [3.05, 3.63) is 64.6 Å². The Balaban J connectivity index is 1.75. The number of hydrogen-bond donors (Lipinski definition) is 0. The number of nitrogens with zero attached hydrogens (tertiary/aromatic N) is 3. The van der Waals surface area contributed by atoms with E-state index >= 15 is 0 Å². The third-order valence-electron chi connectivity index (χ3n) is 5.28. The highest BCUT2D eigenvalue weighted by molar-refractivity contribution is 6.00. The van der Waals surface area contributed by atoms with Gasteiger partial charge in [-0.2, -0.15) is 5.10 Å². The lowest BCUT2D eigenvalue weighted by atomic mass is 9.81. The summed E-state index contributed by atoms with van der Waals surface area (Å²) in [7, 11) is 1.32. The molecule has 1 aromatic carbocycles. The van der Waals surface area contributed by atoms with Gasteiger partial charge in [0, 0.05) is 12.6 Å². The van der Waals surface area contributed by atoms with E-state index in [0.717, 1.165) is 11.3 Å². The predicted molar refractivity (Wildman–Crippen MR) is 100 cm³/mol. The van der Waals surface area contributed by atoms with Crippen molar-refractivity contribution >= 4 is 17.4 Å². The second-order valence-corrected chi connectivity index (χ2v) is 7.25. The molecule has 0 aliphatic heterocycles. The van der Waals surface area contributed by atoms with E-state index in [2.05, 4.69) is 48.2 Å². The van der Waals surface area contributed by atoms with Crippen LogP contribution >= 0.6 is 0 Å². The highest BCUT2D eigenvalue weighted by Gasteiger charge is 2.30. The van der Waals surface area contributed by atoms with E-state index in [1.807, 2.05) is 0 Å². The lowest BCUT2D eigenvalue weighted by Gasteiger charge is -2.24. The number of ether oxygens (including phenoxy) is 1. The number of carbonyl (C=O) groups is 2. The molecule has 0 saturated carbocycles. The highest BCUT2D eigenvalue weighted by atomic mass is 16.5. The quantitative estimate of drug-likeness (QED) is 0.665. The van der Waals surface area contributed by atoms with Gasteiger partial charge in [-0.15, -0.1) is 0 Å². The number of esters is 1. The first-order chi connectivity index (χ1) is 13.0. The zero-order valence-corrected chi connectivity index (χ0v) is 15.6. The molecule has 6 nitrogen and oxygen atoms in total. The summed E-state index contributed by atoms with van der Waals surface area (Å²) in [4.78, 5) is 28.9. The van der Waals surface area contributed by atoms with E-state index in [1.165, 1.54) is 18.9 Å². The van der Waals surface area contributed by atoms with Gasteiger partial charge in [0.2, 0.25) is 0 Å². The average Bonchev–Trinajstić information content (AvgIpc) is 3.12. The summed E-state index contributed by atoms with van der Waals surface area (Å²) >= 11 is 0. The Morgan fingerprint density at radius 3 is 2.59 bits per heavy atom. The van der Waals surface area contributed by atoms with Gasteiger partial charge in [0.1, 0.15) is 5.56 Å². The van der Waals surface area contributed by atoms with E-state index in [9.17, 15) is 9.59 Å². The summed E-state index contributed by atoms with van der Waals surface area (Å²) in [6.07, 6.45) is 4.12. The van der Waals surface area contributed by atoms with Gasteiger partial charge in [-0.1, -0.05) is 38.1 Å². The van der Waals surface area contributed by atoms with E-state index in [1.54, 1.807) is 10.7 Å². The Morgan fingerprint density at radius 2 is 1.93 bits per heavy atom. The minimum Gasteiger partial charge on any atom is -0.465 e. The Morgan fingerprint density at radius 1 is 1.19 bits per heavy atom. The zero-order chi connectivity index (χ0) is 19.1. The van der Waals surface area contributed by atoms with Gasteiger partial charge in [0.05, 0.1) is 24.6 Å². The molecule has 3 aromatic rings. The summed E-state index contributed by atoms with van der Waals surface area (Å²) in [6, 6.07) is 8.48. The molecule has 0 N–H and O–H groups in total. The normalized spacial score (nSPS) is 16.6. The topological polar surface area (TPSA) is 73.6 Å². The summed E-state index contributed by atoms with van der Waals surface area (Å²) in [5.74, 6) is 0.126. The number of aromatic nitrogens is 3. The van der Waals surface area contributed by atoms with Crippen LogP contribution < -0.4 is 0 Å². The number of hydrogen-bond acceptors (Lipinski definition) is 5. The number of fused-ring (bicyclic) bond motifs is 3. The lowest BCUT2D eigenvalue weighted by Crippen LogP contribution is -2.22. The molecular weight excluding hydrogens is 342 g/mol. The van der Waals surface area contributed by atoms with E-state index < -0.39 is 5.97 Å². The predicted octanol–water partition coefficient (Wildman–Crippen LogP) is 3.55. The van der Waals surface area contributed by atoms with Crippen LogP contribution in [-0.4, -0.2) is 33.5 Å². The van der Waals surface area contributed by atoms with Crippen molar-refractivity contribution in [2.75, 3.05) is 7.11 Å². The molecule has 138 valence electrons. The molecule has 0 saturated heterocycles. The third-order valence-corrected chi connectivity index (χ3v) is 5.28. The summed E-state index contributed by atoms with van der Waals surface area (Å²) < 4.78 is 6.39. The number of ketones is 1. The van der Waals surface area contributed by atoms with Crippen LogP contribution in [0, 0.1) is 0 Å². The number of rotatable bonds is 3. The molecule has 0 spiro atoms. The molecule has 1 aliphatic carbocycles. The van der Waals surface area contributed by atoms with E-state index in [4.69, 9.17) is 4.74 Å². The van der Waals surface area contributed by atoms with Gasteiger partial charge in [0.25, 0.3) is 0 Å². The van der Waals surface area contributed by atoms with Gasteiger partial charge >= 0.3 is 5.97 Å². The van der Waals surface area contributed by atoms with Crippen LogP contribution in [0.15, 0.2) is 36.7 Å². The van der Waals surface area contributed by atoms with Gasteiger partial charge in [-0.25, -0.2) is 14.3 Å². The Hall–Kier alpha value is -3.02. The lowest BCUT2D eigenvalue weighted by molar-refractivity contribution is 0.0602. The van der Waals surface area contributed by atoms with Crippen molar-refractivity contribution in [1.82, 2.24) is 14.6 Å². The van der Waals surface area contributed by atoms with Crippen LogP contribution in [0.2, 0.25) is 0 Å². The fourth-order valence-electron chi connectivity index (χ4n) is 3.69. The molecule has 2 aromatic heterocycles. The molecule has 1 atom stereocenters. The number of benzene rings is 1. The zero-order valence-electron chi connectivity index (χ0n) is 15.6. The Bertz CT molecular complexity index is 1030. The molecule has 27 heavy (non-hydrogen) atoms. The minimum absolute atomic E-state index is 0.0544. The van der Waals surface area contributed by atoms with Gasteiger partial charge in [0.15, 0.2) is 11.4 Å². The standard InChI is InChI=1S/C21H21N3O3/c1-12(2)13-4-6-14(7-5-13)15-8-18-16(19(25)9-15)10-22-20-17(21(26)27-3)11-23-24(18)20/h4-7,10-12,15H,8-9H2,1-3H3. The molecular formula is C21H21N3O3. The largest absolute Gasteiger partial charge is 0.465 e. The van der Waals surface area contributed by atoms with Crippen molar-refractivity contribution in [2.24, 2.45) is 0 Å². The molecule has 1 aliphatic rings. The smallest absolute Gasteiger partial charge is 0.343 e. The van der Waals surface area contributed by atoms with Crippen LogP contribution in [0.3, 0.4) is 0 Å². The molecule has 0 bridgehead atoms. The summed E-state index contributed by atoms with van der Waals surface area (Å²) in [5, 5.41) is 4.30.